The summed E-state index contributed by atoms with van der Waals surface area (Å²) in [6.07, 6.45) is -3.15. The number of alkyl halides is 2. The lowest BCUT2D eigenvalue weighted by Crippen LogP contribution is -2.21. The predicted molar refractivity (Wildman–Crippen MR) is 47.7 cm³/mol. The number of carbonyl (C=O) groups is 1. The topological polar surface area (TPSA) is 59.2 Å². The Morgan fingerprint density at radius 2 is 2.19 bits per heavy atom. The number of methoxy groups -OCH3 is 1. The number of rotatable bonds is 3. The molecule has 0 aromatic carbocycles. The van der Waals surface area contributed by atoms with Crippen LogP contribution in [-0.4, -0.2) is 18.1 Å². The van der Waals surface area contributed by atoms with E-state index in [0.29, 0.717) is 6.20 Å². The van der Waals surface area contributed by atoms with Gasteiger partial charge >= 0.3 is 5.97 Å². The molecule has 0 saturated heterocycles. The average Bonchev–Trinajstić information content (AvgIpc) is 2.24. The van der Waals surface area contributed by atoms with Crippen molar-refractivity contribution in [2.24, 2.45) is 0 Å². The number of hydrogen-bond acceptors (Lipinski definition) is 3. The zero-order valence-electron chi connectivity index (χ0n) is 8.22. The first-order valence-corrected chi connectivity index (χ1v) is 4.22. The summed E-state index contributed by atoms with van der Waals surface area (Å²) in [5, 5.41) is 0. The summed E-state index contributed by atoms with van der Waals surface area (Å²) in [6, 6.07) is 0. The molecule has 1 heterocycles. The standard InChI is InChI=1S/C9H8F3NO3/c1-16-6(14)2-4-7(9(11)12)13-3-5(10)8(4)15/h3,9H,2H2,1H3,(H,13,15). The molecule has 0 bridgehead atoms. The van der Waals surface area contributed by atoms with E-state index in [0.717, 1.165) is 7.11 Å². The second-order valence-electron chi connectivity index (χ2n) is 2.91. The van der Waals surface area contributed by atoms with E-state index in [4.69, 9.17) is 0 Å². The van der Waals surface area contributed by atoms with Gasteiger partial charge < -0.3 is 9.72 Å². The Bertz CT molecular complexity index is 456. The van der Waals surface area contributed by atoms with Crippen LogP contribution in [-0.2, 0) is 16.0 Å². The van der Waals surface area contributed by atoms with E-state index in [9.17, 15) is 22.8 Å². The summed E-state index contributed by atoms with van der Waals surface area (Å²) >= 11 is 0. The molecule has 0 aliphatic heterocycles. The highest BCUT2D eigenvalue weighted by Gasteiger charge is 2.21. The Labute approximate surface area is 88.0 Å². The van der Waals surface area contributed by atoms with Crippen molar-refractivity contribution >= 4 is 5.97 Å². The number of hydrogen-bond donors (Lipinski definition) is 1. The lowest BCUT2D eigenvalue weighted by Gasteiger charge is -2.06. The van der Waals surface area contributed by atoms with Crippen molar-refractivity contribution in [1.29, 1.82) is 0 Å². The van der Waals surface area contributed by atoms with Crippen molar-refractivity contribution in [3.8, 4) is 0 Å². The lowest BCUT2D eigenvalue weighted by atomic mass is 10.1. The third-order valence-electron chi connectivity index (χ3n) is 1.94. The first kappa shape index (κ1) is 12.3. The highest BCUT2D eigenvalue weighted by atomic mass is 19.3. The van der Waals surface area contributed by atoms with Crippen molar-refractivity contribution in [2.45, 2.75) is 12.8 Å². The second-order valence-corrected chi connectivity index (χ2v) is 2.91. The summed E-state index contributed by atoms with van der Waals surface area (Å²) in [5.41, 5.74) is -2.60. The third kappa shape index (κ3) is 2.41. The third-order valence-corrected chi connectivity index (χ3v) is 1.94. The van der Waals surface area contributed by atoms with Crippen LogP contribution < -0.4 is 5.43 Å². The second kappa shape index (κ2) is 4.82. The number of H-pyrrole nitrogens is 1. The minimum absolute atomic E-state index is 0.532. The van der Waals surface area contributed by atoms with Gasteiger partial charge in [-0.1, -0.05) is 0 Å². The Morgan fingerprint density at radius 1 is 1.56 bits per heavy atom. The number of nitrogens with one attached hydrogen (secondary N) is 1. The molecule has 0 fully saturated rings. The summed E-state index contributed by atoms with van der Waals surface area (Å²) in [5.74, 6) is -2.11. The van der Waals surface area contributed by atoms with Crippen LogP contribution in [0.25, 0.3) is 0 Å². The van der Waals surface area contributed by atoms with Gasteiger partial charge in [0.15, 0.2) is 5.82 Å². The number of aromatic nitrogens is 1. The highest BCUT2D eigenvalue weighted by molar-refractivity contribution is 5.72. The summed E-state index contributed by atoms with van der Waals surface area (Å²) in [4.78, 5) is 24.0. The average molecular weight is 235 g/mol. The number of aromatic amines is 1. The molecule has 4 nitrogen and oxygen atoms in total. The van der Waals surface area contributed by atoms with Crippen molar-refractivity contribution in [2.75, 3.05) is 7.11 Å². The molecular formula is C9H8F3NO3. The smallest absolute Gasteiger partial charge is 0.310 e. The van der Waals surface area contributed by atoms with Crippen LogP contribution >= 0.6 is 0 Å². The fraction of sp³-hybridized carbons (Fsp3) is 0.333. The quantitative estimate of drug-likeness (QED) is 0.800. The van der Waals surface area contributed by atoms with Crippen LogP contribution in [0.3, 0.4) is 0 Å². The molecule has 7 heteroatoms. The van der Waals surface area contributed by atoms with E-state index in [1.165, 1.54) is 0 Å². The number of carbonyl (C=O) groups excluding carboxylic acids is 1. The SMILES string of the molecule is COC(=O)Cc1c(C(F)F)[nH]cc(F)c1=O. The normalized spacial score (nSPS) is 10.6. The highest BCUT2D eigenvalue weighted by Crippen LogP contribution is 2.19. The van der Waals surface area contributed by atoms with Gasteiger partial charge in [-0.3, -0.25) is 9.59 Å². The molecule has 0 amide bonds. The molecule has 1 rings (SSSR count). The van der Waals surface area contributed by atoms with E-state index < -0.39 is 41.3 Å². The van der Waals surface area contributed by atoms with Crippen molar-refractivity contribution in [3.05, 3.63) is 33.5 Å². The maximum Gasteiger partial charge on any atom is 0.310 e. The van der Waals surface area contributed by atoms with Gasteiger partial charge in [0.1, 0.15) is 0 Å². The predicted octanol–water partition coefficient (Wildman–Crippen LogP) is 1.17. The van der Waals surface area contributed by atoms with Crippen molar-refractivity contribution in [3.63, 3.8) is 0 Å². The van der Waals surface area contributed by atoms with Gasteiger partial charge in [0.25, 0.3) is 6.43 Å². The summed E-state index contributed by atoms with van der Waals surface area (Å²) < 4.78 is 42.0. The first-order chi connectivity index (χ1) is 7.47. The van der Waals surface area contributed by atoms with Crippen LogP contribution in [0.2, 0.25) is 0 Å². The Kier molecular flexibility index (Phi) is 3.70. The molecule has 0 aliphatic rings. The van der Waals surface area contributed by atoms with Crippen molar-refractivity contribution in [1.82, 2.24) is 4.98 Å². The minimum Gasteiger partial charge on any atom is -0.469 e. The largest absolute Gasteiger partial charge is 0.469 e. The summed E-state index contributed by atoms with van der Waals surface area (Å²) in [6.45, 7) is 0. The van der Waals surface area contributed by atoms with Gasteiger partial charge in [0.05, 0.1) is 19.2 Å². The molecule has 16 heavy (non-hydrogen) atoms. The van der Waals surface area contributed by atoms with E-state index >= 15 is 0 Å². The molecule has 1 N–H and O–H groups in total. The Hall–Kier alpha value is -1.79. The van der Waals surface area contributed by atoms with Gasteiger partial charge in [-0.05, 0) is 0 Å². The lowest BCUT2D eigenvalue weighted by molar-refractivity contribution is -0.139. The van der Waals surface area contributed by atoms with E-state index in [2.05, 4.69) is 4.74 Å². The van der Waals surface area contributed by atoms with Crippen LogP contribution in [0.4, 0.5) is 13.2 Å². The monoisotopic (exact) mass is 235 g/mol. The summed E-state index contributed by atoms with van der Waals surface area (Å²) in [7, 11) is 1.04. The molecule has 0 aliphatic carbocycles. The van der Waals surface area contributed by atoms with Gasteiger partial charge in [-0.25, -0.2) is 13.2 Å². The van der Waals surface area contributed by atoms with Crippen LogP contribution in [0.5, 0.6) is 0 Å². The number of ether oxygens (including phenoxy) is 1. The van der Waals surface area contributed by atoms with Crippen molar-refractivity contribution < 1.29 is 22.7 Å². The van der Waals surface area contributed by atoms with Gasteiger partial charge in [-0.2, -0.15) is 0 Å². The maximum absolute atomic E-state index is 12.8. The molecule has 0 radical (unpaired) electrons. The van der Waals surface area contributed by atoms with E-state index in [1.54, 1.807) is 0 Å². The van der Waals surface area contributed by atoms with Gasteiger partial charge in [0.2, 0.25) is 5.43 Å². The van der Waals surface area contributed by atoms with E-state index in [1.807, 2.05) is 4.98 Å². The molecule has 0 saturated carbocycles. The molecule has 1 aromatic heterocycles. The molecule has 1 aromatic rings. The van der Waals surface area contributed by atoms with Crippen LogP contribution in [0.1, 0.15) is 17.7 Å². The zero-order valence-corrected chi connectivity index (χ0v) is 8.22. The Morgan fingerprint density at radius 3 is 2.69 bits per heavy atom. The number of esters is 1. The number of halogens is 3. The van der Waals surface area contributed by atoms with Crippen LogP contribution in [0, 0.1) is 5.82 Å². The fourth-order valence-electron chi connectivity index (χ4n) is 1.15. The molecule has 0 spiro atoms. The van der Waals surface area contributed by atoms with Gasteiger partial charge in [-0.15, -0.1) is 0 Å². The first-order valence-electron chi connectivity index (χ1n) is 4.22. The zero-order chi connectivity index (χ0) is 12.3. The van der Waals surface area contributed by atoms with E-state index in [-0.39, 0.29) is 0 Å². The fourth-order valence-corrected chi connectivity index (χ4v) is 1.15. The molecule has 88 valence electrons. The molecule has 0 atom stereocenters. The van der Waals surface area contributed by atoms with Gasteiger partial charge in [0, 0.05) is 11.8 Å². The molecule has 0 unspecified atom stereocenters. The molecular weight excluding hydrogens is 227 g/mol. The van der Waals surface area contributed by atoms with Crippen LogP contribution in [0.15, 0.2) is 11.0 Å². The maximum atomic E-state index is 12.8. The Balaban J connectivity index is 3.26. The number of pyridine rings is 1. The minimum atomic E-state index is -2.99.